The van der Waals surface area contributed by atoms with Crippen molar-refractivity contribution in [3.63, 3.8) is 0 Å². The number of rotatable bonds is 3. The third-order valence-corrected chi connectivity index (χ3v) is 4.11. The highest BCUT2D eigenvalue weighted by atomic mass is 16.5. The molecule has 15 heavy (non-hydrogen) atoms. The first-order chi connectivity index (χ1) is 7.31. The predicted octanol–water partition coefficient (Wildman–Crippen LogP) is 1.08. The van der Waals surface area contributed by atoms with E-state index in [4.69, 9.17) is 10.5 Å². The molecule has 3 heteroatoms. The Hall–Kier alpha value is -0.120. The highest BCUT2D eigenvalue weighted by Crippen LogP contribution is 2.25. The summed E-state index contributed by atoms with van der Waals surface area (Å²) in [6.45, 7) is 7.60. The van der Waals surface area contributed by atoms with Crippen LogP contribution in [0.5, 0.6) is 0 Å². The van der Waals surface area contributed by atoms with Gasteiger partial charge in [-0.15, -0.1) is 0 Å². The topological polar surface area (TPSA) is 38.5 Å². The van der Waals surface area contributed by atoms with Crippen LogP contribution in [0.25, 0.3) is 0 Å². The van der Waals surface area contributed by atoms with Gasteiger partial charge in [0.05, 0.1) is 6.61 Å². The number of hydrogen-bond donors (Lipinski definition) is 1. The van der Waals surface area contributed by atoms with Crippen molar-refractivity contribution in [3.8, 4) is 0 Å². The first-order valence-corrected chi connectivity index (χ1v) is 6.33. The average Bonchev–Trinajstić information content (AvgIpc) is 2.81. The summed E-state index contributed by atoms with van der Waals surface area (Å²) in [5.41, 5.74) is 5.77. The largest absolute Gasteiger partial charge is 0.381 e. The van der Waals surface area contributed by atoms with Crippen LogP contribution in [-0.2, 0) is 4.74 Å². The Morgan fingerprint density at radius 3 is 3.00 bits per heavy atom. The zero-order valence-electron chi connectivity index (χ0n) is 9.82. The van der Waals surface area contributed by atoms with Crippen molar-refractivity contribution in [3.05, 3.63) is 0 Å². The molecule has 0 aromatic carbocycles. The molecular formula is C12H24N2O. The molecule has 3 unspecified atom stereocenters. The second-order valence-electron chi connectivity index (χ2n) is 5.10. The maximum Gasteiger partial charge on any atom is 0.0509 e. The second kappa shape index (κ2) is 5.28. The third-order valence-electron chi connectivity index (χ3n) is 4.11. The Kier molecular flexibility index (Phi) is 4.00. The Morgan fingerprint density at radius 2 is 2.33 bits per heavy atom. The molecule has 0 aromatic heterocycles. The van der Waals surface area contributed by atoms with Gasteiger partial charge in [-0.05, 0) is 51.1 Å². The predicted molar refractivity (Wildman–Crippen MR) is 61.7 cm³/mol. The molecule has 0 amide bonds. The molecule has 2 saturated heterocycles. The van der Waals surface area contributed by atoms with E-state index in [-0.39, 0.29) is 0 Å². The molecule has 2 aliphatic heterocycles. The molecule has 2 fully saturated rings. The van der Waals surface area contributed by atoms with Crippen LogP contribution < -0.4 is 5.73 Å². The summed E-state index contributed by atoms with van der Waals surface area (Å²) in [5.74, 6) is 1.48. The minimum absolute atomic E-state index is 0.682. The van der Waals surface area contributed by atoms with Crippen molar-refractivity contribution in [2.75, 3.05) is 32.8 Å². The molecule has 88 valence electrons. The standard InChI is InChI=1S/C12H24N2O/c1-10(12-4-6-15-9-12)14-5-2-3-11(7-13)8-14/h10-12H,2-9,13H2,1H3. The molecule has 3 nitrogen and oxygen atoms in total. The van der Waals surface area contributed by atoms with Crippen molar-refractivity contribution >= 4 is 0 Å². The van der Waals surface area contributed by atoms with Crippen molar-refractivity contribution in [2.24, 2.45) is 17.6 Å². The molecule has 0 bridgehead atoms. The van der Waals surface area contributed by atoms with Gasteiger partial charge in [0.2, 0.25) is 0 Å². The van der Waals surface area contributed by atoms with E-state index >= 15 is 0 Å². The van der Waals surface area contributed by atoms with Gasteiger partial charge in [0.1, 0.15) is 0 Å². The van der Waals surface area contributed by atoms with Gasteiger partial charge in [0.25, 0.3) is 0 Å². The van der Waals surface area contributed by atoms with E-state index in [1.807, 2.05) is 0 Å². The monoisotopic (exact) mass is 212 g/mol. The summed E-state index contributed by atoms with van der Waals surface area (Å²) in [6.07, 6.45) is 3.88. The lowest BCUT2D eigenvalue weighted by Gasteiger charge is -2.38. The fourth-order valence-electron chi connectivity index (χ4n) is 2.89. The molecule has 0 spiro atoms. The molecule has 0 aliphatic carbocycles. The minimum atomic E-state index is 0.682. The molecule has 0 aromatic rings. The molecule has 3 atom stereocenters. The fraction of sp³-hybridized carbons (Fsp3) is 1.00. The number of nitrogens with two attached hydrogens (primary N) is 1. The van der Waals surface area contributed by atoms with Crippen LogP contribution in [0.4, 0.5) is 0 Å². The smallest absolute Gasteiger partial charge is 0.0509 e. The Bertz CT molecular complexity index is 192. The number of hydrogen-bond acceptors (Lipinski definition) is 3. The lowest BCUT2D eigenvalue weighted by atomic mass is 9.93. The lowest BCUT2D eigenvalue weighted by molar-refractivity contribution is 0.0889. The van der Waals surface area contributed by atoms with Crippen molar-refractivity contribution in [2.45, 2.75) is 32.2 Å². The Morgan fingerprint density at radius 1 is 1.47 bits per heavy atom. The second-order valence-corrected chi connectivity index (χ2v) is 5.10. The number of ether oxygens (including phenoxy) is 1. The highest BCUT2D eigenvalue weighted by molar-refractivity contribution is 4.83. The van der Waals surface area contributed by atoms with Gasteiger partial charge in [0, 0.05) is 19.2 Å². The summed E-state index contributed by atoms with van der Waals surface area (Å²) < 4.78 is 5.47. The highest BCUT2D eigenvalue weighted by Gasteiger charge is 2.29. The molecule has 0 saturated carbocycles. The van der Waals surface area contributed by atoms with Crippen LogP contribution in [-0.4, -0.2) is 43.8 Å². The van der Waals surface area contributed by atoms with Gasteiger partial charge in [-0.2, -0.15) is 0 Å². The van der Waals surface area contributed by atoms with Gasteiger partial charge < -0.3 is 10.5 Å². The first kappa shape index (κ1) is 11.4. The minimum Gasteiger partial charge on any atom is -0.381 e. The normalized spacial score (nSPS) is 35.6. The quantitative estimate of drug-likeness (QED) is 0.761. The number of piperidine rings is 1. The molecule has 2 N–H and O–H groups in total. The van der Waals surface area contributed by atoms with Crippen LogP contribution in [0, 0.1) is 11.8 Å². The van der Waals surface area contributed by atoms with Crippen LogP contribution in [0.3, 0.4) is 0 Å². The summed E-state index contributed by atoms with van der Waals surface area (Å²) in [5, 5.41) is 0. The number of likely N-dealkylation sites (tertiary alicyclic amines) is 1. The van der Waals surface area contributed by atoms with E-state index in [0.717, 1.165) is 31.6 Å². The van der Waals surface area contributed by atoms with Crippen LogP contribution in [0.1, 0.15) is 26.2 Å². The van der Waals surface area contributed by atoms with Gasteiger partial charge in [-0.3, -0.25) is 4.90 Å². The summed E-state index contributed by atoms with van der Waals surface area (Å²) in [6, 6.07) is 0.682. The Balaban J connectivity index is 1.85. The van der Waals surface area contributed by atoms with E-state index in [2.05, 4.69) is 11.8 Å². The van der Waals surface area contributed by atoms with Crippen molar-refractivity contribution in [1.82, 2.24) is 4.90 Å². The van der Waals surface area contributed by atoms with Crippen LogP contribution in [0.15, 0.2) is 0 Å². The van der Waals surface area contributed by atoms with E-state index in [0.29, 0.717) is 6.04 Å². The van der Waals surface area contributed by atoms with E-state index < -0.39 is 0 Å². The maximum atomic E-state index is 5.77. The molecular weight excluding hydrogens is 188 g/mol. The molecule has 2 heterocycles. The van der Waals surface area contributed by atoms with Gasteiger partial charge in [0.15, 0.2) is 0 Å². The fourth-order valence-corrected chi connectivity index (χ4v) is 2.89. The van der Waals surface area contributed by atoms with Crippen molar-refractivity contribution < 1.29 is 4.74 Å². The van der Waals surface area contributed by atoms with E-state index in [1.165, 1.54) is 32.4 Å². The third kappa shape index (κ3) is 2.71. The SMILES string of the molecule is CC(C1CCOC1)N1CCCC(CN)C1. The van der Waals surface area contributed by atoms with Crippen LogP contribution >= 0.6 is 0 Å². The van der Waals surface area contributed by atoms with Gasteiger partial charge >= 0.3 is 0 Å². The zero-order chi connectivity index (χ0) is 10.7. The van der Waals surface area contributed by atoms with Gasteiger partial charge in [-0.1, -0.05) is 0 Å². The van der Waals surface area contributed by atoms with E-state index in [9.17, 15) is 0 Å². The zero-order valence-corrected chi connectivity index (χ0v) is 9.82. The molecule has 2 rings (SSSR count). The van der Waals surface area contributed by atoms with Crippen molar-refractivity contribution in [1.29, 1.82) is 0 Å². The maximum absolute atomic E-state index is 5.77. The van der Waals surface area contributed by atoms with Crippen LogP contribution in [0.2, 0.25) is 0 Å². The molecule has 0 radical (unpaired) electrons. The summed E-state index contributed by atoms with van der Waals surface area (Å²) in [4.78, 5) is 2.63. The van der Waals surface area contributed by atoms with E-state index in [1.54, 1.807) is 0 Å². The first-order valence-electron chi connectivity index (χ1n) is 6.33. The summed E-state index contributed by atoms with van der Waals surface area (Å²) in [7, 11) is 0. The average molecular weight is 212 g/mol. The molecule has 2 aliphatic rings. The lowest BCUT2D eigenvalue weighted by Crippen LogP contribution is -2.46. The Labute approximate surface area is 93.0 Å². The number of nitrogens with zero attached hydrogens (tertiary/aromatic N) is 1. The summed E-state index contributed by atoms with van der Waals surface area (Å²) >= 11 is 0. The van der Waals surface area contributed by atoms with Gasteiger partial charge in [-0.25, -0.2) is 0 Å².